The molecule has 1 aromatic carbocycles. The minimum atomic E-state index is -0.212. The van der Waals surface area contributed by atoms with Crippen LogP contribution in [0.1, 0.15) is 17.2 Å². The number of nitrogens with two attached hydrogens (primary N) is 1. The Morgan fingerprint density at radius 1 is 1.62 bits per heavy atom. The van der Waals surface area contributed by atoms with Gasteiger partial charge in [0, 0.05) is 10.6 Å². The maximum Gasteiger partial charge on any atom is 0.143 e. The molecule has 0 spiro atoms. The molecule has 0 saturated heterocycles. The van der Waals surface area contributed by atoms with Crippen LogP contribution in [0.5, 0.6) is 5.75 Å². The van der Waals surface area contributed by atoms with E-state index in [-0.39, 0.29) is 6.04 Å². The molecule has 1 aromatic rings. The molecule has 0 aliphatic carbocycles. The highest BCUT2D eigenvalue weighted by Gasteiger charge is 2.26. The molecular formula is C9H7ClN2O. The van der Waals surface area contributed by atoms with Crippen LogP contribution in [-0.2, 0) is 0 Å². The van der Waals surface area contributed by atoms with Gasteiger partial charge in [0.1, 0.15) is 18.4 Å². The monoisotopic (exact) mass is 194 g/mol. The summed E-state index contributed by atoms with van der Waals surface area (Å²) in [4.78, 5) is 0. The second-order valence-electron chi connectivity index (χ2n) is 2.87. The van der Waals surface area contributed by atoms with Crippen LogP contribution in [0, 0.1) is 11.3 Å². The van der Waals surface area contributed by atoms with Crippen molar-refractivity contribution < 1.29 is 4.74 Å². The molecule has 3 nitrogen and oxygen atoms in total. The number of hydrogen-bond donors (Lipinski definition) is 1. The SMILES string of the molecule is N#Cc1ccc(Cl)c2c1OCC2N. The fourth-order valence-electron chi connectivity index (χ4n) is 1.42. The molecule has 2 N–H and O–H groups in total. The summed E-state index contributed by atoms with van der Waals surface area (Å²) in [5.74, 6) is 0.544. The van der Waals surface area contributed by atoms with Gasteiger partial charge < -0.3 is 10.5 Å². The van der Waals surface area contributed by atoms with Gasteiger partial charge in [-0.25, -0.2) is 0 Å². The predicted molar refractivity (Wildman–Crippen MR) is 48.6 cm³/mol. The Kier molecular flexibility index (Phi) is 1.87. The fraction of sp³-hybridized carbons (Fsp3) is 0.222. The third kappa shape index (κ3) is 1.15. The first-order chi connectivity index (χ1) is 6.24. The number of hydrogen-bond acceptors (Lipinski definition) is 3. The number of benzene rings is 1. The van der Waals surface area contributed by atoms with E-state index in [4.69, 9.17) is 27.3 Å². The normalized spacial score (nSPS) is 19.0. The second kappa shape index (κ2) is 2.91. The smallest absolute Gasteiger partial charge is 0.143 e. The van der Waals surface area contributed by atoms with Gasteiger partial charge in [0.25, 0.3) is 0 Å². The van der Waals surface area contributed by atoms with Crippen LogP contribution in [-0.4, -0.2) is 6.61 Å². The minimum Gasteiger partial charge on any atom is -0.490 e. The van der Waals surface area contributed by atoms with E-state index in [0.29, 0.717) is 22.9 Å². The van der Waals surface area contributed by atoms with Gasteiger partial charge in [0.15, 0.2) is 0 Å². The van der Waals surface area contributed by atoms with Gasteiger partial charge in [-0.15, -0.1) is 0 Å². The molecule has 1 aliphatic rings. The number of ether oxygens (including phenoxy) is 1. The zero-order valence-electron chi connectivity index (χ0n) is 6.75. The third-order valence-corrected chi connectivity index (χ3v) is 2.37. The van der Waals surface area contributed by atoms with Crippen molar-refractivity contribution in [1.29, 1.82) is 5.26 Å². The molecule has 13 heavy (non-hydrogen) atoms. The van der Waals surface area contributed by atoms with Gasteiger partial charge in [-0.05, 0) is 12.1 Å². The lowest BCUT2D eigenvalue weighted by atomic mass is 10.1. The van der Waals surface area contributed by atoms with Crippen molar-refractivity contribution >= 4 is 11.6 Å². The van der Waals surface area contributed by atoms with E-state index in [1.807, 2.05) is 6.07 Å². The van der Waals surface area contributed by atoms with Crippen molar-refractivity contribution in [2.45, 2.75) is 6.04 Å². The summed E-state index contributed by atoms with van der Waals surface area (Å²) in [5.41, 5.74) is 7.00. The number of rotatable bonds is 0. The highest BCUT2D eigenvalue weighted by atomic mass is 35.5. The molecular weight excluding hydrogens is 188 g/mol. The molecule has 1 aliphatic heterocycles. The molecule has 2 rings (SSSR count). The Morgan fingerprint density at radius 3 is 3.08 bits per heavy atom. The summed E-state index contributed by atoms with van der Waals surface area (Å²) in [6.07, 6.45) is 0. The molecule has 1 heterocycles. The van der Waals surface area contributed by atoms with Crippen molar-refractivity contribution in [3.63, 3.8) is 0 Å². The van der Waals surface area contributed by atoms with Crippen LogP contribution < -0.4 is 10.5 Å². The summed E-state index contributed by atoms with van der Waals surface area (Å²) in [5, 5.41) is 9.33. The lowest BCUT2D eigenvalue weighted by molar-refractivity contribution is 0.332. The predicted octanol–water partition coefficient (Wildman–Crippen LogP) is 1.60. The Bertz CT molecular complexity index is 397. The number of fused-ring (bicyclic) bond motifs is 1. The molecule has 0 fully saturated rings. The molecule has 4 heteroatoms. The topological polar surface area (TPSA) is 59.0 Å². The first-order valence-corrected chi connectivity index (χ1v) is 4.22. The molecule has 0 bridgehead atoms. The Morgan fingerprint density at radius 2 is 2.38 bits per heavy atom. The second-order valence-corrected chi connectivity index (χ2v) is 3.27. The summed E-state index contributed by atoms with van der Waals surface area (Å²) in [6.45, 7) is 0.397. The molecule has 0 amide bonds. The van der Waals surface area contributed by atoms with Gasteiger partial charge in [-0.2, -0.15) is 5.26 Å². The Balaban J connectivity index is 2.67. The zero-order chi connectivity index (χ0) is 9.42. The first kappa shape index (κ1) is 8.36. The molecule has 1 unspecified atom stereocenters. The lowest BCUT2D eigenvalue weighted by Gasteiger charge is -2.03. The summed E-state index contributed by atoms with van der Waals surface area (Å²) in [6, 6.07) is 5.14. The van der Waals surface area contributed by atoms with Crippen LogP contribution in [0.15, 0.2) is 12.1 Å². The van der Waals surface area contributed by atoms with Crippen LogP contribution >= 0.6 is 11.6 Å². The van der Waals surface area contributed by atoms with E-state index >= 15 is 0 Å². The minimum absolute atomic E-state index is 0.212. The van der Waals surface area contributed by atoms with Gasteiger partial charge >= 0.3 is 0 Å². The van der Waals surface area contributed by atoms with Crippen LogP contribution in [0.2, 0.25) is 5.02 Å². The summed E-state index contributed by atoms with van der Waals surface area (Å²) < 4.78 is 5.28. The number of halogens is 1. The highest BCUT2D eigenvalue weighted by Crippen LogP contribution is 2.38. The van der Waals surface area contributed by atoms with Crippen molar-refractivity contribution in [3.8, 4) is 11.8 Å². The quantitative estimate of drug-likeness (QED) is 0.683. The average molecular weight is 195 g/mol. The van der Waals surface area contributed by atoms with Gasteiger partial charge in [-0.1, -0.05) is 11.6 Å². The largest absolute Gasteiger partial charge is 0.490 e. The van der Waals surface area contributed by atoms with E-state index in [9.17, 15) is 0 Å². The van der Waals surface area contributed by atoms with Crippen molar-refractivity contribution in [1.82, 2.24) is 0 Å². The zero-order valence-corrected chi connectivity index (χ0v) is 7.51. The summed E-state index contributed by atoms with van der Waals surface area (Å²) >= 11 is 5.92. The van der Waals surface area contributed by atoms with Gasteiger partial charge in [0.2, 0.25) is 0 Å². The Labute approximate surface area is 80.7 Å². The first-order valence-electron chi connectivity index (χ1n) is 3.85. The van der Waals surface area contributed by atoms with Crippen molar-refractivity contribution in [2.24, 2.45) is 5.73 Å². The van der Waals surface area contributed by atoms with Crippen LogP contribution in [0.25, 0.3) is 0 Å². The standard InChI is InChI=1S/C9H7ClN2O/c10-6-2-1-5(3-11)9-8(6)7(12)4-13-9/h1-2,7H,4,12H2. The lowest BCUT2D eigenvalue weighted by Crippen LogP contribution is -2.11. The van der Waals surface area contributed by atoms with E-state index < -0.39 is 0 Å². The van der Waals surface area contributed by atoms with Crippen LogP contribution in [0.4, 0.5) is 0 Å². The fourth-order valence-corrected chi connectivity index (χ4v) is 1.71. The molecule has 0 radical (unpaired) electrons. The van der Waals surface area contributed by atoms with Crippen molar-refractivity contribution in [2.75, 3.05) is 6.61 Å². The third-order valence-electron chi connectivity index (χ3n) is 2.04. The molecule has 0 saturated carbocycles. The van der Waals surface area contributed by atoms with E-state index in [2.05, 4.69) is 0 Å². The van der Waals surface area contributed by atoms with E-state index in [1.54, 1.807) is 12.1 Å². The van der Waals surface area contributed by atoms with Crippen LogP contribution in [0.3, 0.4) is 0 Å². The Hall–Kier alpha value is -1.24. The van der Waals surface area contributed by atoms with Gasteiger partial charge in [-0.3, -0.25) is 0 Å². The molecule has 0 aromatic heterocycles. The van der Waals surface area contributed by atoms with E-state index in [1.165, 1.54) is 0 Å². The van der Waals surface area contributed by atoms with Crippen molar-refractivity contribution in [3.05, 3.63) is 28.3 Å². The molecule has 66 valence electrons. The highest BCUT2D eigenvalue weighted by molar-refractivity contribution is 6.31. The maximum atomic E-state index is 8.77. The maximum absolute atomic E-state index is 8.77. The molecule has 1 atom stereocenters. The number of nitrogens with zero attached hydrogens (tertiary/aromatic N) is 1. The van der Waals surface area contributed by atoms with Gasteiger partial charge in [0.05, 0.1) is 11.6 Å². The average Bonchev–Trinajstić information content (AvgIpc) is 2.50. The number of nitriles is 1. The van der Waals surface area contributed by atoms with E-state index in [0.717, 1.165) is 5.56 Å². The summed E-state index contributed by atoms with van der Waals surface area (Å²) in [7, 11) is 0.